The molecular formula is C22H25N3O2. The topological polar surface area (TPSA) is 56.1 Å². The number of rotatable bonds is 7. The van der Waals surface area contributed by atoms with Gasteiger partial charge in [0.15, 0.2) is 0 Å². The van der Waals surface area contributed by atoms with Crippen LogP contribution in [-0.4, -0.2) is 22.6 Å². The average molecular weight is 363 g/mol. The molecule has 0 saturated carbocycles. The number of carbonyl (C=O) groups excluding carboxylic acids is 1. The summed E-state index contributed by atoms with van der Waals surface area (Å²) in [7, 11) is 3.57. The number of aryl methyl sites for hydroxylation is 1. The number of aromatic nitrogens is 2. The molecule has 3 rings (SSSR count). The summed E-state index contributed by atoms with van der Waals surface area (Å²) in [5.74, 6) is 1.71. The van der Waals surface area contributed by atoms with E-state index in [1.165, 1.54) is 0 Å². The molecule has 3 aromatic rings. The Morgan fingerprint density at radius 3 is 2.41 bits per heavy atom. The lowest BCUT2D eigenvalue weighted by molar-refractivity contribution is -0.122. The first-order valence-electron chi connectivity index (χ1n) is 9.04. The predicted molar refractivity (Wildman–Crippen MR) is 106 cm³/mol. The molecule has 0 saturated heterocycles. The van der Waals surface area contributed by atoms with Crippen LogP contribution in [-0.2, 0) is 11.8 Å². The fourth-order valence-electron chi connectivity index (χ4n) is 3.15. The van der Waals surface area contributed by atoms with Gasteiger partial charge < -0.3 is 14.6 Å². The van der Waals surface area contributed by atoms with Crippen molar-refractivity contribution in [3.63, 3.8) is 0 Å². The van der Waals surface area contributed by atoms with E-state index in [0.29, 0.717) is 6.42 Å². The molecule has 1 aromatic heterocycles. The zero-order valence-electron chi connectivity index (χ0n) is 15.9. The first kappa shape index (κ1) is 18.7. The highest BCUT2D eigenvalue weighted by atomic mass is 16.5. The smallest absolute Gasteiger partial charge is 0.221 e. The third-order valence-corrected chi connectivity index (χ3v) is 4.73. The van der Waals surface area contributed by atoms with Gasteiger partial charge in [0, 0.05) is 25.9 Å². The summed E-state index contributed by atoms with van der Waals surface area (Å²) in [6, 6.07) is 17.5. The van der Waals surface area contributed by atoms with E-state index < -0.39 is 0 Å². The Morgan fingerprint density at radius 1 is 1.11 bits per heavy atom. The molecule has 1 heterocycles. The monoisotopic (exact) mass is 363 g/mol. The number of hydrogen-bond donors (Lipinski definition) is 1. The van der Waals surface area contributed by atoms with Crippen molar-refractivity contribution in [2.45, 2.75) is 25.3 Å². The zero-order valence-corrected chi connectivity index (χ0v) is 15.9. The number of amides is 1. The lowest BCUT2D eigenvalue weighted by atomic mass is 9.97. The van der Waals surface area contributed by atoms with Gasteiger partial charge in [0.25, 0.3) is 0 Å². The predicted octanol–water partition coefficient (Wildman–Crippen LogP) is 3.83. The molecule has 0 radical (unpaired) electrons. The molecular weight excluding hydrogens is 338 g/mol. The Balaban J connectivity index is 1.79. The number of benzene rings is 2. The maximum absolute atomic E-state index is 12.8. The highest BCUT2D eigenvalue weighted by molar-refractivity contribution is 5.77. The second-order valence-electron chi connectivity index (χ2n) is 6.69. The van der Waals surface area contributed by atoms with Crippen molar-refractivity contribution in [3.05, 3.63) is 83.9 Å². The minimum Gasteiger partial charge on any atom is -0.497 e. The Bertz CT molecular complexity index is 872. The van der Waals surface area contributed by atoms with Gasteiger partial charge in [0.1, 0.15) is 17.6 Å². The van der Waals surface area contributed by atoms with Crippen LogP contribution in [0.5, 0.6) is 5.75 Å². The largest absolute Gasteiger partial charge is 0.497 e. The Hall–Kier alpha value is -3.08. The van der Waals surface area contributed by atoms with Crippen molar-refractivity contribution in [1.29, 1.82) is 0 Å². The Labute approximate surface area is 160 Å². The minimum atomic E-state index is -0.314. The molecule has 2 atom stereocenters. The summed E-state index contributed by atoms with van der Waals surface area (Å²) in [4.78, 5) is 17.2. The van der Waals surface area contributed by atoms with E-state index in [1.54, 1.807) is 13.3 Å². The van der Waals surface area contributed by atoms with Crippen molar-refractivity contribution < 1.29 is 9.53 Å². The normalized spacial score (nSPS) is 13.0. The van der Waals surface area contributed by atoms with Gasteiger partial charge in [-0.15, -0.1) is 0 Å². The van der Waals surface area contributed by atoms with Crippen LogP contribution >= 0.6 is 0 Å². The number of ether oxygens (including phenoxy) is 1. The number of nitrogens with one attached hydrogen (secondary N) is 1. The highest BCUT2D eigenvalue weighted by Gasteiger charge is 2.22. The van der Waals surface area contributed by atoms with E-state index in [1.807, 2.05) is 60.3 Å². The van der Waals surface area contributed by atoms with Crippen LogP contribution in [0.3, 0.4) is 0 Å². The maximum atomic E-state index is 12.8. The molecule has 0 aliphatic carbocycles. The molecule has 5 nitrogen and oxygen atoms in total. The van der Waals surface area contributed by atoms with E-state index in [-0.39, 0.29) is 17.9 Å². The first-order valence-corrected chi connectivity index (χ1v) is 9.04. The quantitative estimate of drug-likeness (QED) is 0.694. The van der Waals surface area contributed by atoms with Crippen LogP contribution in [0.15, 0.2) is 67.0 Å². The molecule has 140 valence electrons. The summed E-state index contributed by atoms with van der Waals surface area (Å²) >= 11 is 0. The average Bonchev–Trinajstić information content (AvgIpc) is 3.12. The van der Waals surface area contributed by atoms with Crippen LogP contribution in [0, 0.1) is 0 Å². The van der Waals surface area contributed by atoms with Crippen molar-refractivity contribution in [2.75, 3.05) is 7.11 Å². The Morgan fingerprint density at radius 2 is 1.81 bits per heavy atom. The van der Waals surface area contributed by atoms with Gasteiger partial charge in [0.05, 0.1) is 7.11 Å². The summed E-state index contributed by atoms with van der Waals surface area (Å²) < 4.78 is 7.16. The number of carbonyl (C=O) groups is 1. The van der Waals surface area contributed by atoms with Crippen molar-refractivity contribution in [1.82, 2.24) is 14.9 Å². The van der Waals surface area contributed by atoms with Crippen LogP contribution in [0.25, 0.3) is 0 Å². The van der Waals surface area contributed by atoms with Gasteiger partial charge >= 0.3 is 0 Å². The minimum absolute atomic E-state index is 0.00447. The van der Waals surface area contributed by atoms with Crippen molar-refractivity contribution in [3.8, 4) is 5.75 Å². The van der Waals surface area contributed by atoms with Crippen LogP contribution in [0.2, 0.25) is 0 Å². The van der Waals surface area contributed by atoms with Crippen molar-refractivity contribution in [2.24, 2.45) is 7.05 Å². The van der Waals surface area contributed by atoms with Crippen LogP contribution in [0.1, 0.15) is 42.3 Å². The molecule has 0 bridgehead atoms. The van der Waals surface area contributed by atoms with E-state index in [0.717, 1.165) is 22.7 Å². The third kappa shape index (κ3) is 4.56. The molecule has 27 heavy (non-hydrogen) atoms. The molecule has 1 N–H and O–H groups in total. The standard InChI is InChI=1S/C22H25N3O2/c1-16(17-7-5-4-6-8-17)15-20(26)24-21(22-23-13-14-25(22)2)18-9-11-19(27-3)12-10-18/h4-14,16,21H,15H2,1-3H3,(H,24,26). The number of methoxy groups -OCH3 is 1. The Kier molecular flexibility index (Phi) is 5.91. The fraction of sp³-hybridized carbons (Fsp3) is 0.273. The van der Waals surface area contributed by atoms with Gasteiger partial charge in [-0.05, 0) is 29.2 Å². The van der Waals surface area contributed by atoms with E-state index in [9.17, 15) is 4.79 Å². The van der Waals surface area contributed by atoms with E-state index >= 15 is 0 Å². The second-order valence-corrected chi connectivity index (χ2v) is 6.69. The van der Waals surface area contributed by atoms with Gasteiger partial charge in [-0.1, -0.05) is 49.4 Å². The van der Waals surface area contributed by atoms with Gasteiger partial charge in [-0.2, -0.15) is 0 Å². The summed E-state index contributed by atoms with van der Waals surface area (Å²) in [6.07, 6.45) is 4.04. The van der Waals surface area contributed by atoms with Gasteiger partial charge in [-0.25, -0.2) is 4.98 Å². The van der Waals surface area contributed by atoms with E-state index in [2.05, 4.69) is 29.4 Å². The molecule has 0 fully saturated rings. The maximum Gasteiger partial charge on any atom is 0.221 e. The highest BCUT2D eigenvalue weighted by Crippen LogP contribution is 2.24. The number of hydrogen-bond acceptors (Lipinski definition) is 3. The number of nitrogens with zero attached hydrogens (tertiary/aromatic N) is 2. The molecule has 2 unspecified atom stereocenters. The second kappa shape index (κ2) is 8.54. The SMILES string of the molecule is COc1ccc(C(NC(=O)CC(C)c2ccccc2)c2nccn2C)cc1. The zero-order chi connectivity index (χ0) is 19.2. The van der Waals surface area contributed by atoms with Crippen molar-refractivity contribution >= 4 is 5.91 Å². The molecule has 0 aliphatic heterocycles. The molecule has 1 amide bonds. The fourth-order valence-corrected chi connectivity index (χ4v) is 3.15. The lowest BCUT2D eigenvalue weighted by Gasteiger charge is -2.21. The van der Waals surface area contributed by atoms with Crippen LogP contribution in [0.4, 0.5) is 0 Å². The summed E-state index contributed by atoms with van der Waals surface area (Å²) in [6.45, 7) is 2.07. The lowest BCUT2D eigenvalue weighted by Crippen LogP contribution is -2.31. The summed E-state index contributed by atoms with van der Waals surface area (Å²) in [5.41, 5.74) is 2.12. The number of imidazole rings is 1. The molecule has 0 aliphatic rings. The molecule has 5 heteroatoms. The third-order valence-electron chi connectivity index (χ3n) is 4.73. The summed E-state index contributed by atoms with van der Waals surface area (Å²) in [5, 5.41) is 3.15. The first-order chi connectivity index (χ1) is 13.1. The van der Waals surface area contributed by atoms with Gasteiger partial charge in [-0.3, -0.25) is 4.79 Å². The molecule has 0 spiro atoms. The van der Waals surface area contributed by atoms with Crippen LogP contribution < -0.4 is 10.1 Å². The van der Waals surface area contributed by atoms with E-state index in [4.69, 9.17) is 4.74 Å². The molecule has 2 aromatic carbocycles. The van der Waals surface area contributed by atoms with Gasteiger partial charge in [0.2, 0.25) is 5.91 Å².